The van der Waals surface area contributed by atoms with Gasteiger partial charge in [0, 0.05) is 25.0 Å². The van der Waals surface area contributed by atoms with Gasteiger partial charge in [0.05, 0.1) is 17.7 Å². The van der Waals surface area contributed by atoms with Gasteiger partial charge >= 0.3 is 6.18 Å². The van der Waals surface area contributed by atoms with E-state index in [1.807, 2.05) is 6.92 Å². The molecule has 2 aromatic heterocycles. The molecule has 2 aromatic rings. The number of aryl methyl sites for hydroxylation is 1. The number of rotatable bonds is 4. The minimum atomic E-state index is -4.58. The minimum Gasteiger partial charge on any atom is -0.373 e. The standard InChI is InChI=1S/C12H14F3N5S/c1-7-8(21-6-17-7)5-20(3)10-4-9(16-2)18-11(19-10)12(13,14)15/h4,6H,5H2,1-3H3,(H,16,18,19). The second kappa shape index (κ2) is 5.84. The van der Waals surface area contributed by atoms with Crippen LogP contribution in [0.25, 0.3) is 0 Å². The van der Waals surface area contributed by atoms with Gasteiger partial charge in [-0.3, -0.25) is 0 Å². The molecule has 0 bridgehead atoms. The van der Waals surface area contributed by atoms with Crippen molar-refractivity contribution in [2.75, 3.05) is 24.3 Å². The predicted molar refractivity (Wildman–Crippen MR) is 75.5 cm³/mol. The van der Waals surface area contributed by atoms with Crippen LogP contribution >= 0.6 is 11.3 Å². The van der Waals surface area contributed by atoms with Crippen LogP contribution in [0.1, 0.15) is 16.4 Å². The number of alkyl halides is 3. The summed E-state index contributed by atoms with van der Waals surface area (Å²) >= 11 is 1.46. The highest BCUT2D eigenvalue weighted by Crippen LogP contribution is 2.29. The normalized spacial score (nSPS) is 11.5. The summed E-state index contributed by atoms with van der Waals surface area (Å²) in [5.41, 5.74) is 2.57. The molecule has 0 radical (unpaired) electrons. The van der Waals surface area contributed by atoms with Crippen LogP contribution in [-0.4, -0.2) is 29.0 Å². The number of hydrogen-bond acceptors (Lipinski definition) is 6. The van der Waals surface area contributed by atoms with E-state index in [-0.39, 0.29) is 11.6 Å². The highest BCUT2D eigenvalue weighted by Gasteiger charge is 2.35. The molecule has 0 unspecified atom stereocenters. The van der Waals surface area contributed by atoms with Gasteiger partial charge in [-0.2, -0.15) is 13.2 Å². The van der Waals surface area contributed by atoms with Gasteiger partial charge in [0.2, 0.25) is 5.82 Å². The van der Waals surface area contributed by atoms with E-state index in [0.717, 1.165) is 10.6 Å². The van der Waals surface area contributed by atoms with Crippen LogP contribution in [0.15, 0.2) is 11.6 Å². The van der Waals surface area contributed by atoms with Crippen LogP contribution in [-0.2, 0) is 12.7 Å². The third kappa shape index (κ3) is 3.60. The van der Waals surface area contributed by atoms with E-state index in [4.69, 9.17) is 0 Å². The maximum atomic E-state index is 12.8. The first kappa shape index (κ1) is 15.5. The molecular formula is C12H14F3N5S. The van der Waals surface area contributed by atoms with Crippen molar-refractivity contribution >= 4 is 23.0 Å². The first-order valence-electron chi connectivity index (χ1n) is 6.05. The van der Waals surface area contributed by atoms with Gasteiger partial charge in [-0.05, 0) is 6.92 Å². The summed E-state index contributed by atoms with van der Waals surface area (Å²) < 4.78 is 38.4. The molecule has 1 N–H and O–H groups in total. The van der Waals surface area contributed by atoms with Gasteiger partial charge < -0.3 is 10.2 Å². The molecule has 114 valence electrons. The maximum Gasteiger partial charge on any atom is 0.451 e. The Balaban J connectivity index is 2.32. The smallest absolute Gasteiger partial charge is 0.373 e. The largest absolute Gasteiger partial charge is 0.451 e. The molecular weight excluding hydrogens is 303 g/mol. The Bertz CT molecular complexity index is 626. The fraction of sp³-hybridized carbons (Fsp3) is 0.417. The van der Waals surface area contributed by atoms with Gasteiger partial charge in [-0.1, -0.05) is 0 Å². The number of thiazole rings is 1. The van der Waals surface area contributed by atoms with E-state index >= 15 is 0 Å². The van der Waals surface area contributed by atoms with Crippen molar-refractivity contribution in [1.29, 1.82) is 0 Å². The molecule has 0 aliphatic carbocycles. The fourth-order valence-corrected chi connectivity index (χ4v) is 2.49. The van der Waals surface area contributed by atoms with E-state index in [1.54, 1.807) is 17.5 Å². The Morgan fingerprint density at radius 2 is 2.05 bits per heavy atom. The Hall–Kier alpha value is -1.90. The van der Waals surface area contributed by atoms with E-state index in [2.05, 4.69) is 20.3 Å². The monoisotopic (exact) mass is 317 g/mol. The Morgan fingerprint density at radius 3 is 2.57 bits per heavy atom. The quantitative estimate of drug-likeness (QED) is 0.939. The van der Waals surface area contributed by atoms with Crippen molar-refractivity contribution in [2.24, 2.45) is 0 Å². The summed E-state index contributed by atoms with van der Waals surface area (Å²) in [6.45, 7) is 2.30. The lowest BCUT2D eigenvalue weighted by molar-refractivity contribution is -0.144. The van der Waals surface area contributed by atoms with Crippen LogP contribution in [0.4, 0.5) is 24.8 Å². The van der Waals surface area contributed by atoms with Crippen molar-refractivity contribution in [3.05, 3.63) is 28.0 Å². The molecule has 0 fully saturated rings. The highest BCUT2D eigenvalue weighted by atomic mass is 32.1. The molecule has 9 heteroatoms. The maximum absolute atomic E-state index is 12.8. The zero-order valence-corrected chi connectivity index (χ0v) is 12.5. The topological polar surface area (TPSA) is 53.9 Å². The van der Waals surface area contributed by atoms with E-state index in [1.165, 1.54) is 24.5 Å². The number of nitrogens with one attached hydrogen (secondary N) is 1. The summed E-state index contributed by atoms with van der Waals surface area (Å²) in [5.74, 6) is -0.827. The van der Waals surface area contributed by atoms with Crippen LogP contribution in [0.5, 0.6) is 0 Å². The molecule has 21 heavy (non-hydrogen) atoms. The third-order valence-electron chi connectivity index (χ3n) is 2.84. The molecule has 0 amide bonds. The fourth-order valence-electron chi connectivity index (χ4n) is 1.66. The first-order chi connectivity index (χ1) is 9.81. The zero-order valence-electron chi connectivity index (χ0n) is 11.7. The summed E-state index contributed by atoms with van der Waals surface area (Å²) in [5, 5.41) is 2.62. The van der Waals surface area contributed by atoms with Gasteiger partial charge in [-0.25, -0.2) is 15.0 Å². The second-order valence-electron chi connectivity index (χ2n) is 4.40. The molecule has 0 atom stereocenters. The van der Waals surface area contributed by atoms with Crippen molar-refractivity contribution in [2.45, 2.75) is 19.6 Å². The molecule has 0 saturated heterocycles. The number of anilines is 2. The average Bonchev–Trinajstić information content (AvgIpc) is 2.82. The molecule has 0 aliphatic heterocycles. The lowest BCUT2D eigenvalue weighted by Gasteiger charge is -2.19. The Labute approximate surface area is 123 Å². The van der Waals surface area contributed by atoms with Crippen molar-refractivity contribution in [3.63, 3.8) is 0 Å². The van der Waals surface area contributed by atoms with Gasteiger partial charge in [-0.15, -0.1) is 11.3 Å². The second-order valence-corrected chi connectivity index (χ2v) is 5.34. The summed E-state index contributed by atoms with van der Waals surface area (Å²) in [4.78, 5) is 13.8. The summed E-state index contributed by atoms with van der Waals surface area (Å²) in [6, 6.07) is 1.48. The zero-order chi connectivity index (χ0) is 15.6. The van der Waals surface area contributed by atoms with Crippen LogP contribution in [0.3, 0.4) is 0 Å². The van der Waals surface area contributed by atoms with Gasteiger partial charge in [0.25, 0.3) is 0 Å². The van der Waals surface area contributed by atoms with Crippen molar-refractivity contribution in [1.82, 2.24) is 15.0 Å². The third-order valence-corrected chi connectivity index (χ3v) is 3.76. The van der Waals surface area contributed by atoms with E-state index in [9.17, 15) is 13.2 Å². The van der Waals surface area contributed by atoms with E-state index < -0.39 is 12.0 Å². The van der Waals surface area contributed by atoms with Crippen molar-refractivity contribution in [3.8, 4) is 0 Å². The Morgan fingerprint density at radius 1 is 1.33 bits per heavy atom. The van der Waals surface area contributed by atoms with E-state index in [0.29, 0.717) is 6.54 Å². The summed E-state index contributed by atoms with van der Waals surface area (Å²) in [6.07, 6.45) is -4.58. The van der Waals surface area contributed by atoms with Gasteiger partial charge in [0.1, 0.15) is 11.6 Å². The average molecular weight is 317 g/mol. The SMILES string of the molecule is CNc1cc(N(C)Cc2scnc2C)nc(C(F)(F)F)n1. The molecule has 0 aromatic carbocycles. The first-order valence-corrected chi connectivity index (χ1v) is 6.93. The molecule has 0 aliphatic rings. The molecule has 2 rings (SSSR count). The van der Waals surface area contributed by atoms with Crippen molar-refractivity contribution < 1.29 is 13.2 Å². The van der Waals surface area contributed by atoms with Crippen LogP contribution < -0.4 is 10.2 Å². The predicted octanol–water partition coefficient (Wildman–Crippen LogP) is 2.94. The van der Waals surface area contributed by atoms with Gasteiger partial charge in [0.15, 0.2) is 0 Å². The molecule has 0 spiro atoms. The Kier molecular flexibility index (Phi) is 4.31. The number of hydrogen-bond donors (Lipinski definition) is 1. The highest BCUT2D eigenvalue weighted by molar-refractivity contribution is 7.09. The molecule has 5 nitrogen and oxygen atoms in total. The summed E-state index contributed by atoms with van der Waals surface area (Å²) in [7, 11) is 3.20. The van der Waals surface area contributed by atoms with Crippen LogP contribution in [0.2, 0.25) is 0 Å². The lowest BCUT2D eigenvalue weighted by atomic mass is 10.3. The number of nitrogens with zero attached hydrogens (tertiary/aromatic N) is 4. The lowest BCUT2D eigenvalue weighted by Crippen LogP contribution is -2.21. The number of aromatic nitrogens is 3. The molecule has 2 heterocycles. The molecule has 0 saturated carbocycles. The number of halogens is 3. The minimum absolute atomic E-state index is 0.125. The van der Waals surface area contributed by atoms with Crippen LogP contribution in [0, 0.1) is 6.92 Å².